The first-order valence-corrected chi connectivity index (χ1v) is 22.9. The molecular formula is C47H49BrFN5O7S. The Hall–Kier alpha value is -5.16. The number of rotatable bonds is 16. The van der Waals surface area contributed by atoms with Gasteiger partial charge in [-0.1, -0.05) is 52.3 Å². The third-order valence-corrected chi connectivity index (χ3v) is 13.7. The van der Waals surface area contributed by atoms with E-state index in [-0.39, 0.29) is 41.5 Å². The number of aliphatic hydroxyl groups excluding tert-OH is 2. The summed E-state index contributed by atoms with van der Waals surface area (Å²) in [5.41, 5.74) is 3.83. The number of aryl methyl sites for hydroxylation is 1. The van der Waals surface area contributed by atoms with Crippen molar-refractivity contribution in [3.63, 3.8) is 0 Å². The summed E-state index contributed by atoms with van der Waals surface area (Å²) >= 11 is 3.60. The molecule has 8 rings (SSSR count). The van der Waals surface area contributed by atoms with E-state index in [1.165, 1.54) is 24.4 Å². The number of hydrogen-bond acceptors (Lipinski definition) is 9. The van der Waals surface area contributed by atoms with Crippen LogP contribution < -0.4 is 4.74 Å². The maximum Gasteiger partial charge on any atom is 0.268 e. The highest BCUT2D eigenvalue weighted by Gasteiger charge is 2.29. The predicted molar refractivity (Wildman–Crippen MR) is 237 cm³/mol. The van der Waals surface area contributed by atoms with Crippen molar-refractivity contribution in [1.82, 2.24) is 23.5 Å². The van der Waals surface area contributed by atoms with E-state index in [2.05, 4.69) is 21.0 Å². The third kappa shape index (κ3) is 9.15. The molecule has 0 amide bonds. The highest BCUT2D eigenvalue weighted by Crippen LogP contribution is 2.39. The van der Waals surface area contributed by atoms with Crippen molar-refractivity contribution in [3.05, 3.63) is 148 Å². The largest absolute Gasteiger partial charge is 0.454 e. The van der Waals surface area contributed by atoms with E-state index >= 15 is 4.39 Å². The fraction of sp³-hybridized carbons (Fsp3) is 0.319. The molecule has 15 heteroatoms. The average Bonchev–Trinajstić information content (AvgIpc) is 4.06. The predicted octanol–water partition coefficient (Wildman–Crippen LogP) is 9.36. The smallest absolute Gasteiger partial charge is 0.268 e. The Morgan fingerprint density at radius 2 is 1.84 bits per heavy atom. The lowest BCUT2D eigenvalue weighted by atomic mass is 10.0. The molecule has 4 heterocycles. The molecule has 12 nitrogen and oxygen atoms in total. The second-order valence-electron chi connectivity index (χ2n) is 16.1. The van der Waals surface area contributed by atoms with Crippen LogP contribution in [0.4, 0.5) is 4.39 Å². The van der Waals surface area contributed by atoms with Crippen LogP contribution in [0, 0.1) is 12.7 Å². The maximum absolute atomic E-state index is 16.7. The summed E-state index contributed by atoms with van der Waals surface area (Å²) in [5.74, 6) is -0.388. The van der Waals surface area contributed by atoms with Gasteiger partial charge in [0.1, 0.15) is 18.1 Å². The quantitative estimate of drug-likeness (QED) is 0.0970. The minimum atomic E-state index is -4.05. The van der Waals surface area contributed by atoms with E-state index in [1.54, 1.807) is 55.1 Å². The fourth-order valence-corrected chi connectivity index (χ4v) is 9.64. The van der Waals surface area contributed by atoms with E-state index in [0.29, 0.717) is 35.4 Å². The van der Waals surface area contributed by atoms with Gasteiger partial charge >= 0.3 is 0 Å². The number of nitrogens with zero attached hydrogens (tertiary/aromatic N) is 5. The first kappa shape index (κ1) is 43.5. The van der Waals surface area contributed by atoms with Gasteiger partial charge in [0.2, 0.25) is 0 Å². The summed E-state index contributed by atoms with van der Waals surface area (Å²) in [6.07, 6.45) is 9.32. The lowest BCUT2D eigenvalue weighted by Gasteiger charge is -2.30. The molecular weight excluding hydrogens is 878 g/mol. The van der Waals surface area contributed by atoms with Crippen LogP contribution in [0.3, 0.4) is 0 Å². The maximum atomic E-state index is 16.7. The van der Waals surface area contributed by atoms with E-state index in [9.17, 15) is 18.6 Å². The van der Waals surface area contributed by atoms with Crippen LogP contribution >= 0.6 is 15.9 Å². The Morgan fingerprint density at radius 1 is 1.02 bits per heavy atom. The Kier molecular flexibility index (Phi) is 12.8. The monoisotopic (exact) mass is 925 g/mol. The molecule has 1 aliphatic rings. The molecule has 0 radical (unpaired) electrons. The Balaban J connectivity index is 1.14. The molecule has 3 aromatic heterocycles. The Bertz CT molecular complexity index is 2780. The summed E-state index contributed by atoms with van der Waals surface area (Å²) in [6, 6.07) is 26.1. The molecule has 4 aromatic carbocycles. The number of aromatic nitrogens is 5. The molecule has 7 aromatic rings. The topological polar surface area (TPSA) is 143 Å². The van der Waals surface area contributed by atoms with Gasteiger partial charge in [0, 0.05) is 65.3 Å². The van der Waals surface area contributed by atoms with Crippen LogP contribution in [-0.4, -0.2) is 73.7 Å². The first-order chi connectivity index (χ1) is 29.8. The minimum absolute atomic E-state index is 0.0293. The molecule has 1 fully saturated rings. The SMILES string of the molecule is Cc1ccc(Oc2c(F)cc3c(ccn3S(=O)(=O)c3ccccc3)c2Cc2cnn(C3CCCCO3)c2)cc1-c1ccn(C(CCOC(C)(C)C(O)CO)c2cccc(Br)c2)n1. The van der Waals surface area contributed by atoms with Crippen molar-refractivity contribution in [2.75, 3.05) is 19.8 Å². The molecule has 3 unspecified atom stereocenters. The van der Waals surface area contributed by atoms with Gasteiger partial charge < -0.3 is 24.4 Å². The highest BCUT2D eigenvalue weighted by molar-refractivity contribution is 9.10. The molecule has 324 valence electrons. The lowest BCUT2D eigenvalue weighted by molar-refractivity contribution is -0.117. The van der Waals surface area contributed by atoms with Gasteiger partial charge in [0.05, 0.1) is 40.6 Å². The van der Waals surface area contributed by atoms with E-state index in [0.717, 1.165) is 50.0 Å². The molecule has 0 spiro atoms. The summed E-state index contributed by atoms with van der Waals surface area (Å²) in [4.78, 5) is 0.0845. The molecule has 2 N–H and O–H groups in total. The second-order valence-corrected chi connectivity index (χ2v) is 18.9. The zero-order valence-electron chi connectivity index (χ0n) is 34.7. The van der Waals surface area contributed by atoms with E-state index < -0.39 is 34.2 Å². The van der Waals surface area contributed by atoms with Crippen LogP contribution in [0.15, 0.2) is 125 Å². The zero-order valence-corrected chi connectivity index (χ0v) is 37.1. The molecule has 62 heavy (non-hydrogen) atoms. The van der Waals surface area contributed by atoms with Gasteiger partial charge in [-0.05, 0) is 112 Å². The van der Waals surface area contributed by atoms with E-state index in [4.69, 9.17) is 19.3 Å². The summed E-state index contributed by atoms with van der Waals surface area (Å²) in [6.45, 7) is 5.98. The summed E-state index contributed by atoms with van der Waals surface area (Å²) in [5, 5.41) is 30.0. The molecule has 3 atom stereocenters. The van der Waals surface area contributed by atoms with Crippen LogP contribution in [0.5, 0.6) is 11.5 Å². The minimum Gasteiger partial charge on any atom is -0.454 e. The summed E-state index contributed by atoms with van der Waals surface area (Å²) < 4.78 is 68.7. The summed E-state index contributed by atoms with van der Waals surface area (Å²) in [7, 11) is -4.05. The standard InChI is InChI=1S/C47H49BrFN5O7S/c1-31-15-16-35(26-38(31)41-18-20-52(51-41)42(33-10-9-11-34(48)25-33)19-23-60-47(2,3)44(56)30-55)61-46-39(24-32-28-50-53(29-32)45-14-7-8-22-59-45)37-17-21-54(43(37)27-40(46)49)62(57,58)36-12-5-4-6-13-36/h4-6,9-13,15-18,20-21,25-29,42,44-45,55-56H,7-8,14,19,22-24,30H2,1-3H3. The molecule has 0 bridgehead atoms. The Morgan fingerprint density at radius 3 is 2.60 bits per heavy atom. The van der Waals surface area contributed by atoms with Crippen molar-refractivity contribution in [1.29, 1.82) is 0 Å². The third-order valence-electron chi connectivity index (χ3n) is 11.5. The van der Waals surface area contributed by atoms with Crippen LogP contribution in [0.1, 0.15) is 74.1 Å². The molecule has 0 aliphatic carbocycles. The second kappa shape index (κ2) is 18.3. The molecule has 1 saturated heterocycles. The van der Waals surface area contributed by atoms with Gasteiger partial charge in [-0.25, -0.2) is 21.5 Å². The van der Waals surface area contributed by atoms with Crippen molar-refractivity contribution in [3.8, 4) is 22.8 Å². The number of halogens is 2. The highest BCUT2D eigenvalue weighted by atomic mass is 79.9. The fourth-order valence-electron chi connectivity index (χ4n) is 7.87. The number of aliphatic hydroxyl groups is 2. The van der Waals surface area contributed by atoms with Crippen molar-refractivity contribution < 1.29 is 37.2 Å². The van der Waals surface area contributed by atoms with Gasteiger partial charge in [0.15, 0.2) is 11.6 Å². The zero-order chi connectivity index (χ0) is 43.6. The number of ether oxygens (including phenoxy) is 3. The number of fused-ring (bicyclic) bond motifs is 1. The average molecular weight is 927 g/mol. The van der Waals surface area contributed by atoms with Gasteiger partial charge in [-0.3, -0.25) is 4.68 Å². The van der Waals surface area contributed by atoms with E-state index in [1.807, 2.05) is 66.5 Å². The van der Waals surface area contributed by atoms with Gasteiger partial charge in [0.25, 0.3) is 10.0 Å². The van der Waals surface area contributed by atoms with Crippen LogP contribution in [-0.2, 0) is 25.9 Å². The molecule has 1 aliphatic heterocycles. The van der Waals surface area contributed by atoms with Crippen molar-refractivity contribution >= 4 is 36.9 Å². The molecule has 0 saturated carbocycles. The normalized spacial score (nSPS) is 15.8. The van der Waals surface area contributed by atoms with Crippen molar-refractivity contribution in [2.24, 2.45) is 0 Å². The van der Waals surface area contributed by atoms with Crippen LogP contribution in [0.2, 0.25) is 0 Å². The lowest BCUT2D eigenvalue weighted by Crippen LogP contribution is -2.41. The van der Waals surface area contributed by atoms with Gasteiger partial charge in [-0.15, -0.1) is 0 Å². The first-order valence-electron chi connectivity index (χ1n) is 20.6. The Labute approximate surface area is 368 Å². The van der Waals surface area contributed by atoms with Crippen LogP contribution in [0.25, 0.3) is 22.2 Å². The number of hydrogen-bond donors (Lipinski definition) is 2. The van der Waals surface area contributed by atoms with Crippen molar-refractivity contribution in [2.45, 2.75) is 81.7 Å². The number of benzene rings is 4. The van der Waals surface area contributed by atoms with Gasteiger partial charge in [-0.2, -0.15) is 10.2 Å².